The molecule has 0 radical (unpaired) electrons. The molecule has 4 rings (SSSR count). The van der Waals surface area contributed by atoms with Gasteiger partial charge in [0.1, 0.15) is 0 Å². The summed E-state index contributed by atoms with van der Waals surface area (Å²) in [4.78, 5) is 16.6. The topological polar surface area (TPSA) is 61.0 Å². The van der Waals surface area contributed by atoms with Gasteiger partial charge < -0.3 is 10.2 Å². The Balaban J connectivity index is 1.58. The minimum absolute atomic E-state index is 0.217. The number of H-pyrrole nitrogens is 1. The third kappa shape index (κ3) is 3.53. The first-order valence-electron chi connectivity index (χ1n) is 8.99. The lowest BCUT2D eigenvalue weighted by Gasteiger charge is -2.30. The molecule has 1 aliphatic rings. The van der Waals surface area contributed by atoms with Gasteiger partial charge in [-0.05, 0) is 57.4 Å². The van der Waals surface area contributed by atoms with Crippen molar-refractivity contribution in [2.75, 3.05) is 16.8 Å². The number of anilines is 2. The molecule has 1 aliphatic heterocycles. The van der Waals surface area contributed by atoms with E-state index in [2.05, 4.69) is 67.7 Å². The van der Waals surface area contributed by atoms with Crippen molar-refractivity contribution < 1.29 is 4.79 Å². The highest BCUT2D eigenvalue weighted by Gasteiger charge is 2.23. The van der Waals surface area contributed by atoms with Crippen LogP contribution in [0.3, 0.4) is 0 Å². The van der Waals surface area contributed by atoms with Crippen molar-refractivity contribution in [3.8, 4) is 0 Å². The molecule has 0 atom stereocenters. The van der Waals surface area contributed by atoms with Crippen LogP contribution < -0.4 is 10.2 Å². The average molecular weight is 445 g/mol. The van der Waals surface area contributed by atoms with Crippen LogP contribution >= 0.6 is 27.3 Å². The quantitative estimate of drug-likeness (QED) is 0.583. The molecule has 27 heavy (non-hydrogen) atoms. The summed E-state index contributed by atoms with van der Waals surface area (Å²) in [5.74, 6) is 0.0413. The van der Waals surface area contributed by atoms with E-state index in [-0.39, 0.29) is 11.8 Å². The zero-order valence-corrected chi connectivity index (χ0v) is 17.7. The first-order valence-corrected chi connectivity index (χ1v) is 10.7. The second-order valence-electron chi connectivity index (χ2n) is 6.97. The van der Waals surface area contributed by atoms with Gasteiger partial charge in [0.05, 0.1) is 21.5 Å². The predicted molar refractivity (Wildman–Crippen MR) is 114 cm³/mol. The molecule has 2 aromatic heterocycles. The van der Waals surface area contributed by atoms with Crippen LogP contribution in [0.5, 0.6) is 0 Å². The van der Waals surface area contributed by atoms with Crippen LogP contribution in [0.2, 0.25) is 0 Å². The van der Waals surface area contributed by atoms with E-state index in [9.17, 15) is 4.79 Å². The van der Waals surface area contributed by atoms with Crippen LogP contribution in [0, 0.1) is 0 Å². The molecule has 7 heteroatoms. The van der Waals surface area contributed by atoms with Crippen LogP contribution in [-0.4, -0.2) is 22.6 Å². The lowest BCUT2D eigenvalue weighted by Crippen LogP contribution is -2.30. The van der Waals surface area contributed by atoms with Gasteiger partial charge in [0.2, 0.25) is 0 Å². The van der Waals surface area contributed by atoms with Crippen LogP contribution in [0.4, 0.5) is 11.4 Å². The number of para-hydroxylation sites is 2. The van der Waals surface area contributed by atoms with Gasteiger partial charge in [-0.2, -0.15) is 5.10 Å². The average Bonchev–Trinajstić information content (AvgIpc) is 3.27. The van der Waals surface area contributed by atoms with Crippen molar-refractivity contribution in [1.29, 1.82) is 0 Å². The lowest BCUT2D eigenvalue weighted by molar-refractivity contribution is 0.102. The first-order chi connectivity index (χ1) is 13.0. The fourth-order valence-electron chi connectivity index (χ4n) is 3.37. The summed E-state index contributed by atoms with van der Waals surface area (Å²) in [7, 11) is 0. The molecule has 0 bridgehead atoms. The number of amides is 1. The predicted octanol–water partition coefficient (Wildman–Crippen LogP) is 5.17. The van der Waals surface area contributed by atoms with Crippen molar-refractivity contribution >= 4 is 44.5 Å². The van der Waals surface area contributed by atoms with Gasteiger partial charge in [0, 0.05) is 18.0 Å². The van der Waals surface area contributed by atoms with Crippen molar-refractivity contribution in [3.05, 3.63) is 62.0 Å². The van der Waals surface area contributed by atoms with Crippen LogP contribution in [0.15, 0.2) is 40.2 Å². The maximum absolute atomic E-state index is 12.8. The normalized spacial score (nSPS) is 13.7. The summed E-state index contributed by atoms with van der Waals surface area (Å²) in [6.07, 6.45) is 1.04. The zero-order chi connectivity index (χ0) is 19.0. The maximum Gasteiger partial charge on any atom is 0.277 e. The number of fused-ring (bicyclic) bond motifs is 1. The van der Waals surface area contributed by atoms with Gasteiger partial charge in [0.15, 0.2) is 5.69 Å². The van der Waals surface area contributed by atoms with Crippen LogP contribution in [0.1, 0.15) is 46.4 Å². The molecule has 140 valence electrons. The van der Waals surface area contributed by atoms with Gasteiger partial charge in [-0.1, -0.05) is 26.0 Å². The van der Waals surface area contributed by atoms with E-state index in [1.165, 1.54) is 10.4 Å². The SMILES string of the molecule is CC(C)c1[nH]nc(C(=O)Nc2ccccc2N2CCc3sccc3C2)c1Br. The summed E-state index contributed by atoms with van der Waals surface area (Å²) in [5, 5.41) is 12.4. The highest BCUT2D eigenvalue weighted by Crippen LogP contribution is 2.33. The zero-order valence-electron chi connectivity index (χ0n) is 15.3. The van der Waals surface area contributed by atoms with E-state index >= 15 is 0 Å². The van der Waals surface area contributed by atoms with E-state index in [0.29, 0.717) is 5.69 Å². The molecule has 0 saturated carbocycles. The maximum atomic E-state index is 12.8. The second kappa shape index (κ2) is 7.48. The number of carbonyl (C=O) groups excluding carboxylic acids is 1. The molecule has 0 saturated heterocycles. The van der Waals surface area contributed by atoms with E-state index < -0.39 is 0 Å². The molecule has 0 aliphatic carbocycles. The third-order valence-electron chi connectivity index (χ3n) is 4.83. The van der Waals surface area contributed by atoms with E-state index in [1.54, 1.807) is 0 Å². The number of nitrogens with one attached hydrogen (secondary N) is 2. The van der Waals surface area contributed by atoms with Gasteiger partial charge in [0.25, 0.3) is 5.91 Å². The Bertz CT molecular complexity index is 978. The lowest BCUT2D eigenvalue weighted by atomic mass is 10.1. The molecule has 2 N–H and O–H groups in total. The van der Waals surface area contributed by atoms with E-state index in [0.717, 1.165) is 41.1 Å². The number of carbonyl (C=O) groups is 1. The molecular formula is C20H21BrN4OS. The monoisotopic (exact) mass is 444 g/mol. The summed E-state index contributed by atoms with van der Waals surface area (Å²) in [5.41, 5.74) is 4.53. The number of rotatable bonds is 4. The Morgan fingerprint density at radius 1 is 1.33 bits per heavy atom. The molecular weight excluding hydrogens is 424 g/mol. The number of nitrogens with zero attached hydrogens (tertiary/aromatic N) is 2. The highest BCUT2D eigenvalue weighted by atomic mass is 79.9. The van der Waals surface area contributed by atoms with E-state index in [4.69, 9.17) is 0 Å². The Morgan fingerprint density at radius 3 is 2.93 bits per heavy atom. The summed E-state index contributed by atoms with van der Waals surface area (Å²) < 4.78 is 0.730. The van der Waals surface area contributed by atoms with Crippen molar-refractivity contribution in [1.82, 2.24) is 10.2 Å². The minimum Gasteiger partial charge on any atom is -0.365 e. The van der Waals surface area contributed by atoms with Crippen LogP contribution in [-0.2, 0) is 13.0 Å². The largest absolute Gasteiger partial charge is 0.365 e. The van der Waals surface area contributed by atoms with Gasteiger partial charge in [-0.25, -0.2) is 0 Å². The summed E-state index contributed by atoms with van der Waals surface area (Å²) >= 11 is 5.34. The van der Waals surface area contributed by atoms with Gasteiger partial charge in [-0.15, -0.1) is 11.3 Å². The number of benzene rings is 1. The van der Waals surface area contributed by atoms with Gasteiger partial charge >= 0.3 is 0 Å². The number of aromatic nitrogens is 2. The minimum atomic E-state index is -0.217. The standard InChI is InChI=1S/C20H21BrN4OS/c1-12(2)18-17(21)19(24-23-18)20(26)22-14-5-3-4-6-15(14)25-9-7-16-13(11-25)8-10-27-16/h3-6,8,10,12H,7,9,11H2,1-2H3,(H,22,26)(H,23,24). The molecule has 5 nitrogen and oxygen atoms in total. The number of thiophene rings is 1. The number of hydrogen-bond donors (Lipinski definition) is 2. The summed E-state index contributed by atoms with van der Waals surface area (Å²) in [6.45, 7) is 5.94. The Labute approximate surface area is 170 Å². The summed E-state index contributed by atoms with van der Waals surface area (Å²) in [6, 6.07) is 10.2. The fraction of sp³-hybridized carbons (Fsp3) is 0.300. The Kier molecular flexibility index (Phi) is 5.06. The smallest absolute Gasteiger partial charge is 0.277 e. The number of halogens is 1. The molecule has 1 amide bonds. The Hall–Kier alpha value is -2.12. The van der Waals surface area contributed by atoms with Crippen molar-refractivity contribution in [2.24, 2.45) is 0 Å². The molecule has 0 spiro atoms. The highest BCUT2D eigenvalue weighted by molar-refractivity contribution is 9.10. The molecule has 3 heterocycles. The van der Waals surface area contributed by atoms with Crippen LogP contribution in [0.25, 0.3) is 0 Å². The first kappa shape index (κ1) is 18.3. The number of hydrogen-bond acceptors (Lipinski definition) is 4. The fourth-order valence-corrected chi connectivity index (χ4v) is 5.07. The van der Waals surface area contributed by atoms with Crippen molar-refractivity contribution in [3.63, 3.8) is 0 Å². The number of aromatic amines is 1. The Morgan fingerprint density at radius 2 is 2.15 bits per heavy atom. The molecule has 1 aromatic carbocycles. The second-order valence-corrected chi connectivity index (χ2v) is 8.76. The molecule has 0 fully saturated rings. The molecule has 3 aromatic rings. The third-order valence-corrected chi connectivity index (χ3v) is 6.65. The molecule has 0 unspecified atom stereocenters. The van der Waals surface area contributed by atoms with Crippen molar-refractivity contribution in [2.45, 2.75) is 32.7 Å². The van der Waals surface area contributed by atoms with E-state index in [1.807, 2.05) is 29.5 Å². The van der Waals surface area contributed by atoms with Gasteiger partial charge in [-0.3, -0.25) is 9.89 Å².